The van der Waals surface area contributed by atoms with E-state index in [9.17, 15) is 0 Å². The fourth-order valence-corrected chi connectivity index (χ4v) is 2.39. The first-order chi connectivity index (χ1) is 11.2. The zero-order valence-corrected chi connectivity index (χ0v) is 13.7. The molecule has 0 atom stereocenters. The second kappa shape index (κ2) is 7.26. The minimum Gasteiger partial charge on any atom is -0.472 e. The molecule has 0 fully saturated rings. The lowest BCUT2D eigenvalue weighted by Gasteiger charge is -2.08. The first kappa shape index (κ1) is 15.5. The number of hydrogen-bond donors (Lipinski definition) is 1. The predicted octanol–water partition coefficient (Wildman–Crippen LogP) is 4.36. The van der Waals surface area contributed by atoms with Gasteiger partial charge in [0.2, 0.25) is 5.88 Å². The Morgan fingerprint density at radius 3 is 2.74 bits per heavy atom. The minimum atomic E-state index is 0.446. The molecule has 4 nitrogen and oxygen atoms in total. The highest BCUT2D eigenvalue weighted by Crippen LogP contribution is 2.16. The molecule has 3 aromatic rings. The summed E-state index contributed by atoms with van der Waals surface area (Å²) in [5.74, 6) is 0.518. The third kappa shape index (κ3) is 4.31. The zero-order valence-electron chi connectivity index (χ0n) is 12.1. The quantitative estimate of drug-likeness (QED) is 0.714. The van der Waals surface area contributed by atoms with E-state index in [4.69, 9.17) is 28.6 Å². The lowest BCUT2D eigenvalue weighted by Crippen LogP contribution is -2.19. The molecule has 1 heterocycles. The molecular weight excluding hydrogens is 330 g/mol. The van der Waals surface area contributed by atoms with E-state index in [1.165, 1.54) is 0 Å². The summed E-state index contributed by atoms with van der Waals surface area (Å²) in [7, 11) is 0. The lowest BCUT2D eigenvalue weighted by molar-refractivity contribution is 0.292. The summed E-state index contributed by atoms with van der Waals surface area (Å²) in [5.41, 5.74) is 1.89. The number of ether oxygens (including phenoxy) is 1. The Hall–Kier alpha value is -2.37. The maximum Gasteiger partial charge on any atom is 0.233 e. The number of aromatic nitrogens is 2. The number of rotatable bonds is 4. The van der Waals surface area contributed by atoms with Gasteiger partial charge in [0.1, 0.15) is 6.61 Å². The van der Waals surface area contributed by atoms with Gasteiger partial charge in [0, 0.05) is 23.0 Å². The maximum absolute atomic E-state index is 5.95. The van der Waals surface area contributed by atoms with Crippen molar-refractivity contribution in [2.24, 2.45) is 0 Å². The summed E-state index contributed by atoms with van der Waals surface area (Å²) in [5, 5.41) is 8.47. The van der Waals surface area contributed by atoms with Crippen LogP contribution in [0.3, 0.4) is 0 Å². The standard InChI is InChI=1S/C17H14ClN3OS/c18-14-7-4-8-15(11-14)19-17(23)21-10-9-16(20-21)22-12-13-5-2-1-3-6-13/h1-11H,12H2,(H,19,23). The molecule has 1 N–H and O–H groups in total. The van der Waals surface area contributed by atoms with Gasteiger partial charge in [0.25, 0.3) is 0 Å². The van der Waals surface area contributed by atoms with Gasteiger partial charge in [-0.1, -0.05) is 48.0 Å². The van der Waals surface area contributed by atoms with Gasteiger partial charge in [-0.2, -0.15) is 0 Å². The van der Waals surface area contributed by atoms with Crippen LogP contribution < -0.4 is 10.1 Å². The van der Waals surface area contributed by atoms with Crippen molar-refractivity contribution in [1.82, 2.24) is 9.78 Å². The van der Waals surface area contributed by atoms with Crippen LogP contribution in [0.1, 0.15) is 5.56 Å². The molecule has 0 amide bonds. The normalized spacial score (nSPS) is 10.3. The molecule has 0 saturated carbocycles. The topological polar surface area (TPSA) is 39.1 Å². The van der Waals surface area contributed by atoms with E-state index in [-0.39, 0.29) is 0 Å². The average Bonchev–Trinajstić information content (AvgIpc) is 3.03. The van der Waals surface area contributed by atoms with E-state index < -0.39 is 0 Å². The zero-order chi connectivity index (χ0) is 16.1. The molecule has 0 saturated heterocycles. The minimum absolute atomic E-state index is 0.446. The van der Waals surface area contributed by atoms with Gasteiger partial charge >= 0.3 is 0 Å². The SMILES string of the molecule is S=C(Nc1cccc(Cl)c1)n1ccc(OCc2ccccc2)n1. The number of thiocarbonyl (C=S) groups is 1. The summed E-state index contributed by atoms with van der Waals surface area (Å²) in [6, 6.07) is 19.0. The molecule has 116 valence electrons. The molecule has 6 heteroatoms. The first-order valence-electron chi connectivity index (χ1n) is 7.00. The van der Waals surface area contributed by atoms with Crippen LogP contribution in [-0.2, 0) is 6.61 Å². The average molecular weight is 344 g/mol. The number of benzene rings is 2. The number of nitrogens with zero attached hydrogens (tertiary/aromatic N) is 2. The van der Waals surface area contributed by atoms with Gasteiger partial charge in [0.05, 0.1) is 0 Å². The molecule has 0 spiro atoms. The summed E-state index contributed by atoms with van der Waals surface area (Å²) in [4.78, 5) is 0. The highest BCUT2D eigenvalue weighted by Gasteiger charge is 2.05. The van der Waals surface area contributed by atoms with Crippen LogP contribution in [0.2, 0.25) is 5.02 Å². The highest BCUT2D eigenvalue weighted by atomic mass is 35.5. The van der Waals surface area contributed by atoms with Crippen LogP contribution in [-0.4, -0.2) is 14.9 Å². The second-order valence-corrected chi connectivity index (χ2v) is 5.64. The Kier molecular flexibility index (Phi) is 4.90. The van der Waals surface area contributed by atoms with Crippen molar-refractivity contribution in [1.29, 1.82) is 0 Å². The summed E-state index contributed by atoms with van der Waals surface area (Å²) in [6.45, 7) is 0.465. The van der Waals surface area contributed by atoms with Gasteiger partial charge in [-0.15, -0.1) is 5.10 Å². The van der Waals surface area contributed by atoms with Crippen molar-refractivity contribution >= 4 is 34.6 Å². The molecule has 0 aliphatic carbocycles. The largest absolute Gasteiger partial charge is 0.472 e. The van der Waals surface area contributed by atoms with E-state index in [1.807, 2.05) is 42.5 Å². The number of halogens is 1. The van der Waals surface area contributed by atoms with Crippen molar-refractivity contribution in [2.75, 3.05) is 5.32 Å². The van der Waals surface area contributed by atoms with Crippen molar-refractivity contribution in [2.45, 2.75) is 6.61 Å². The molecule has 23 heavy (non-hydrogen) atoms. The molecule has 1 aromatic heterocycles. The smallest absolute Gasteiger partial charge is 0.233 e. The summed E-state index contributed by atoms with van der Waals surface area (Å²) < 4.78 is 7.20. The van der Waals surface area contributed by atoms with E-state index >= 15 is 0 Å². The third-order valence-electron chi connectivity index (χ3n) is 3.08. The van der Waals surface area contributed by atoms with E-state index in [1.54, 1.807) is 29.1 Å². The molecular formula is C17H14ClN3OS. The van der Waals surface area contributed by atoms with Gasteiger partial charge in [-0.05, 0) is 36.0 Å². The molecule has 2 aromatic carbocycles. The molecule has 0 bridgehead atoms. The molecule has 0 unspecified atom stereocenters. The monoisotopic (exact) mass is 343 g/mol. The predicted molar refractivity (Wildman–Crippen MR) is 96.1 cm³/mol. The van der Waals surface area contributed by atoms with Crippen LogP contribution in [0, 0.1) is 0 Å². The van der Waals surface area contributed by atoms with Gasteiger partial charge in [-0.25, -0.2) is 4.68 Å². The van der Waals surface area contributed by atoms with Crippen molar-refractivity contribution in [3.05, 3.63) is 77.4 Å². The Morgan fingerprint density at radius 1 is 1.13 bits per heavy atom. The van der Waals surface area contributed by atoms with Crippen LogP contribution in [0.5, 0.6) is 5.88 Å². The fraction of sp³-hybridized carbons (Fsp3) is 0.0588. The third-order valence-corrected chi connectivity index (χ3v) is 3.60. The van der Waals surface area contributed by atoms with Gasteiger partial charge < -0.3 is 10.1 Å². The Bertz CT molecular complexity index is 804. The van der Waals surface area contributed by atoms with Crippen LogP contribution in [0.25, 0.3) is 0 Å². The first-order valence-corrected chi connectivity index (χ1v) is 7.79. The molecule has 0 aliphatic rings. The molecule has 0 radical (unpaired) electrons. The second-order valence-electron chi connectivity index (χ2n) is 4.81. The number of hydrogen-bond acceptors (Lipinski definition) is 3. The van der Waals surface area contributed by atoms with Gasteiger partial charge in [0.15, 0.2) is 5.11 Å². The number of anilines is 1. The van der Waals surface area contributed by atoms with Crippen LogP contribution >= 0.6 is 23.8 Å². The summed E-state index contributed by atoms with van der Waals surface area (Å²) >= 11 is 11.3. The molecule has 0 aliphatic heterocycles. The number of nitrogens with one attached hydrogen (secondary N) is 1. The van der Waals surface area contributed by atoms with Crippen molar-refractivity contribution in [3.63, 3.8) is 0 Å². The van der Waals surface area contributed by atoms with E-state index in [0.29, 0.717) is 22.6 Å². The highest BCUT2D eigenvalue weighted by molar-refractivity contribution is 7.80. The lowest BCUT2D eigenvalue weighted by atomic mass is 10.2. The van der Waals surface area contributed by atoms with Crippen molar-refractivity contribution in [3.8, 4) is 5.88 Å². The van der Waals surface area contributed by atoms with Gasteiger partial charge in [-0.3, -0.25) is 0 Å². The Morgan fingerprint density at radius 2 is 1.96 bits per heavy atom. The maximum atomic E-state index is 5.95. The Balaban J connectivity index is 1.61. The van der Waals surface area contributed by atoms with Crippen LogP contribution in [0.15, 0.2) is 66.9 Å². The van der Waals surface area contributed by atoms with E-state index in [2.05, 4.69) is 10.4 Å². The Labute approximate surface area is 144 Å². The molecule has 3 rings (SSSR count). The summed E-state index contributed by atoms with van der Waals surface area (Å²) in [6.07, 6.45) is 1.75. The van der Waals surface area contributed by atoms with Crippen molar-refractivity contribution < 1.29 is 4.74 Å². The fourth-order valence-electron chi connectivity index (χ4n) is 1.98. The van der Waals surface area contributed by atoms with Crippen LogP contribution in [0.4, 0.5) is 5.69 Å². The van der Waals surface area contributed by atoms with E-state index in [0.717, 1.165) is 11.3 Å².